The third kappa shape index (κ3) is 4.05. The molecule has 128 valence electrons. The zero-order valence-electron chi connectivity index (χ0n) is 15.4. The van der Waals surface area contributed by atoms with Crippen molar-refractivity contribution in [3.05, 3.63) is 65.2 Å². The van der Waals surface area contributed by atoms with Crippen LogP contribution in [0.25, 0.3) is 0 Å². The highest BCUT2D eigenvalue weighted by Crippen LogP contribution is 2.24. The Balaban J connectivity index is 2.16. The Morgan fingerprint density at radius 3 is 1.67 bits per heavy atom. The third-order valence-corrected chi connectivity index (χ3v) is 4.89. The first-order valence-electron chi connectivity index (χ1n) is 9.14. The highest BCUT2D eigenvalue weighted by atomic mass is 16.1. The molecule has 0 unspecified atom stereocenters. The minimum Gasteiger partial charge on any atom is -0.372 e. The predicted octanol–water partition coefficient (Wildman–Crippen LogP) is 5.67. The van der Waals surface area contributed by atoms with E-state index in [1.807, 2.05) is 36.4 Å². The smallest absolute Gasteiger partial charge is 0.193 e. The van der Waals surface area contributed by atoms with Gasteiger partial charge in [0.05, 0.1) is 0 Å². The van der Waals surface area contributed by atoms with E-state index in [0.717, 1.165) is 37.1 Å². The summed E-state index contributed by atoms with van der Waals surface area (Å²) in [5.41, 5.74) is 4.01. The molecule has 0 radical (unpaired) electrons. The van der Waals surface area contributed by atoms with Gasteiger partial charge in [-0.3, -0.25) is 4.79 Å². The Morgan fingerprint density at radius 1 is 0.792 bits per heavy atom. The summed E-state index contributed by atoms with van der Waals surface area (Å²) in [6, 6.07) is 16.1. The standard InChI is InChI=1S/C22H29NO/c1-5-17(6-2)18-9-11-19(12-10-18)22(24)20-13-15-21(16-14-20)23(7-3)8-4/h9-17H,5-8H2,1-4H3. The Morgan fingerprint density at radius 2 is 1.25 bits per heavy atom. The molecular weight excluding hydrogens is 294 g/mol. The van der Waals surface area contributed by atoms with E-state index in [4.69, 9.17) is 0 Å². The lowest BCUT2D eigenvalue weighted by atomic mass is 9.92. The second kappa shape index (κ2) is 8.68. The molecule has 0 aliphatic heterocycles. The molecule has 0 bridgehead atoms. The summed E-state index contributed by atoms with van der Waals surface area (Å²) in [6.07, 6.45) is 2.27. The van der Waals surface area contributed by atoms with Crippen molar-refractivity contribution < 1.29 is 4.79 Å². The molecule has 2 heteroatoms. The summed E-state index contributed by atoms with van der Waals surface area (Å²) in [5, 5.41) is 0. The van der Waals surface area contributed by atoms with Crippen LogP contribution in [0.15, 0.2) is 48.5 Å². The molecule has 0 spiro atoms. The summed E-state index contributed by atoms with van der Waals surface area (Å²) in [7, 11) is 0. The molecule has 0 fully saturated rings. The van der Waals surface area contributed by atoms with Crippen LogP contribution in [0, 0.1) is 0 Å². The molecule has 0 aromatic heterocycles. The normalized spacial score (nSPS) is 10.9. The number of nitrogens with zero attached hydrogens (tertiary/aromatic N) is 1. The molecule has 24 heavy (non-hydrogen) atoms. The second-order valence-electron chi connectivity index (χ2n) is 6.18. The highest BCUT2D eigenvalue weighted by Gasteiger charge is 2.12. The van der Waals surface area contributed by atoms with Gasteiger partial charge in [0, 0.05) is 29.9 Å². The lowest BCUT2D eigenvalue weighted by molar-refractivity contribution is 0.103. The number of rotatable bonds is 8. The summed E-state index contributed by atoms with van der Waals surface area (Å²) in [4.78, 5) is 14.9. The number of benzene rings is 2. The van der Waals surface area contributed by atoms with Gasteiger partial charge in [0.1, 0.15) is 0 Å². The van der Waals surface area contributed by atoms with E-state index >= 15 is 0 Å². The third-order valence-electron chi connectivity index (χ3n) is 4.89. The lowest BCUT2D eigenvalue weighted by Crippen LogP contribution is -2.21. The fraction of sp³-hybridized carbons (Fsp3) is 0.409. The number of hydrogen-bond acceptors (Lipinski definition) is 2. The van der Waals surface area contributed by atoms with E-state index in [9.17, 15) is 4.79 Å². The van der Waals surface area contributed by atoms with E-state index in [1.54, 1.807) is 0 Å². The maximum absolute atomic E-state index is 12.7. The van der Waals surface area contributed by atoms with Gasteiger partial charge in [-0.15, -0.1) is 0 Å². The lowest BCUT2D eigenvalue weighted by Gasteiger charge is -2.21. The van der Waals surface area contributed by atoms with Crippen molar-refractivity contribution in [3.8, 4) is 0 Å². The Bertz CT molecular complexity index is 577. The fourth-order valence-electron chi connectivity index (χ4n) is 3.25. The van der Waals surface area contributed by atoms with Crippen LogP contribution in [-0.2, 0) is 0 Å². The molecule has 0 amide bonds. The van der Waals surface area contributed by atoms with Crippen LogP contribution in [0.2, 0.25) is 0 Å². The molecule has 0 heterocycles. The molecule has 2 aromatic rings. The van der Waals surface area contributed by atoms with Gasteiger partial charge < -0.3 is 4.90 Å². The van der Waals surface area contributed by atoms with E-state index in [0.29, 0.717) is 5.92 Å². The van der Waals surface area contributed by atoms with Crippen LogP contribution in [0.5, 0.6) is 0 Å². The van der Waals surface area contributed by atoms with Crippen LogP contribution >= 0.6 is 0 Å². The summed E-state index contributed by atoms with van der Waals surface area (Å²) < 4.78 is 0. The summed E-state index contributed by atoms with van der Waals surface area (Å²) >= 11 is 0. The zero-order chi connectivity index (χ0) is 17.5. The topological polar surface area (TPSA) is 20.3 Å². The van der Waals surface area contributed by atoms with E-state index in [2.05, 4.69) is 44.7 Å². The quantitative estimate of drug-likeness (QED) is 0.584. The average Bonchev–Trinajstić information content (AvgIpc) is 2.64. The van der Waals surface area contributed by atoms with E-state index in [1.165, 1.54) is 11.3 Å². The average molecular weight is 323 g/mol. The van der Waals surface area contributed by atoms with Gasteiger partial charge in [-0.2, -0.15) is 0 Å². The Kier molecular flexibility index (Phi) is 6.60. The van der Waals surface area contributed by atoms with Gasteiger partial charge in [-0.05, 0) is 62.4 Å². The van der Waals surface area contributed by atoms with Crippen LogP contribution in [0.1, 0.15) is 67.9 Å². The number of ketones is 1. The van der Waals surface area contributed by atoms with Gasteiger partial charge in [0.25, 0.3) is 0 Å². The molecular formula is C22H29NO. The van der Waals surface area contributed by atoms with Crippen molar-refractivity contribution in [2.75, 3.05) is 18.0 Å². The van der Waals surface area contributed by atoms with Crippen LogP contribution in [0.3, 0.4) is 0 Å². The largest absolute Gasteiger partial charge is 0.372 e. The first kappa shape index (κ1) is 18.3. The van der Waals surface area contributed by atoms with Gasteiger partial charge in [-0.1, -0.05) is 38.1 Å². The number of anilines is 1. The van der Waals surface area contributed by atoms with Crippen LogP contribution in [0.4, 0.5) is 5.69 Å². The van der Waals surface area contributed by atoms with Crippen molar-refractivity contribution in [2.45, 2.75) is 46.5 Å². The molecule has 2 aromatic carbocycles. The molecule has 0 atom stereocenters. The van der Waals surface area contributed by atoms with Gasteiger partial charge in [0.2, 0.25) is 0 Å². The van der Waals surface area contributed by atoms with E-state index in [-0.39, 0.29) is 5.78 Å². The van der Waals surface area contributed by atoms with Crippen molar-refractivity contribution in [1.29, 1.82) is 0 Å². The zero-order valence-corrected chi connectivity index (χ0v) is 15.4. The molecule has 0 saturated heterocycles. The first-order chi connectivity index (χ1) is 11.6. The van der Waals surface area contributed by atoms with E-state index < -0.39 is 0 Å². The van der Waals surface area contributed by atoms with Crippen molar-refractivity contribution in [3.63, 3.8) is 0 Å². The SMILES string of the molecule is CCC(CC)c1ccc(C(=O)c2ccc(N(CC)CC)cc2)cc1. The van der Waals surface area contributed by atoms with Crippen LogP contribution < -0.4 is 4.90 Å². The van der Waals surface area contributed by atoms with Gasteiger partial charge in [0.15, 0.2) is 5.78 Å². The number of hydrogen-bond donors (Lipinski definition) is 0. The maximum Gasteiger partial charge on any atom is 0.193 e. The molecule has 0 N–H and O–H groups in total. The molecule has 2 rings (SSSR count). The first-order valence-corrected chi connectivity index (χ1v) is 9.14. The molecule has 2 nitrogen and oxygen atoms in total. The number of carbonyl (C=O) groups excluding carboxylic acids is 1. The molecule has 0 saturated carbocycles. The minimum atomic E-state index is 0.0946. The monoisotopic (exact) mass is 323 g/mol. The van der Waals surface area contributed by atoms with Gasteiger partial charge in [-0.25, -0.2) is 0 Å². The fourth-order valence-corrected chi connectivity index (χ4v) is 3.25. The van der Waals surface area contributed by atoms with Crippen molar-refractivity contribution in [1.82, 2.24) is 0 Å². The maximum atomic E-state index is 12.7. The van der Waals surface area contributed by atoms with Gasteiger partial charge >= 0.3 is 0 Å². The molecule has 0 aliphatic rings. The van der Waals surface area contributed by atoms with Crippen molar-refractivity contribution >= 4 is 11.5 Å². The Labute approximate surface area is 146 Å². The number of carbonyl (C=O) groups is 1. The summed E-state index contributed by atoms with van der Waals surface area (Å²) in [6.45, 7) is 10.7. The highest BCUT2D eigenvalue weighted by molar-refractivity contribution is 6.09. The summed E-state index contributed by atoms with van der Waals surface area (Å²) in [5.74, 6) is 0.680. The minimum absolute atomic E-state index is 0.0946. The Hall–Kier alpha value is -2.09. The predicted molar refractivity (Wildman–Crippen MR) is 103 cm³/mol. The second-order valence-corrected chi connectivity index (χ2v) is 6.18. The molecule has 0 aliphatic carbocycles. The van der Waals surface area contributed by atoms with Crippen molar-refractivity contribution in [2.24, 2.45) is 0 Å². The van der Waals surface area contributed by atoms with Crippen LogP contribution in [-0.4, -0.2) is 18.9 Å².